The van der Waals surface area contributed by atoms with Crippen LogP contribution in [0.1, 0.15) is 24.5 Å². The molecule has 0 radical (unpaired) electrons. The average molecular weight is 507 g/mol. The van der Waals surface area contributed by atoms with Gasteiger partial charge in [-0.1, -0.05) is 17.7 Å². The first-order chi connectivity index (χ1) is 12.1. The molecule has 0 saturated heterocycles. The van der Waals surface area contributed by atoms with Crippen LogP contribution < -0.4 is 16.0 Å². The van der Waals surface area contributed by atoms with Gasteiger partial charge < -0.3 is 16.0 Å². The Morgan fingerprint density at radius 2 is 2.08 bits per heavy atom. The number of thiophene rings is 1. The van der Waals surface area contributed by atoms with Gasteiger partial charge in [0.25, 0.3) is 0 Å². The largest absolute Gasteiger partial charge is 0.357 e. The number of carbonyl (C=O) groups excluding carboxylic acids is 1. The number of hydrogen-bond donors (Lipinski definition) is 3. The molecule has 26 heavy (non-hydrogen) atoms. The van der Waals surface area contributed by atoms with Gasteiger partial charge in [0.15, 0.2) is 5.96 Å². The fourth-order valence-corrected chi connectivity index (χ4v) is 2.98. The van der Waals surface area contributed by atoms with Crippen LogP contribution in [0, 0.1) is 6.92 Å². The minimum Gasteiger partial charge on any atom is -0.357 e. The second-order valence-corrected chi connectivity index (χ2v) is 6.65. The number of nitrogens with one attached hydrogen (secondary N) is 3. The van der Waals surface area contributed by atoms with Crippen LogP contribution in [0.2, 0.25) is 5.02 Å². The third-order valence-corrected chi connectivity index (χ3v) is 4.67. The Bertz CT molecular complexity index is 722. The van der Waals surface area contributed by atoms with Crippen molar-refractivity contribution in [2.24, 2.45) is 4.99 Å². The lowest BCUT2D eigenvalue weighted by Gasteiger charge is -2.12. The van der Waals surface area contributed by atoms with Crippen molar-refractivity contribution in [3.63, 3.8) is 0 Å². The molecule has 0 atom stereocenters. The Balaban J connectivity index is 0.00000338. The summed E-state index contributed by atoms with van der Waals surface area (Å²) >= 11 is 7.73. The van der Waals surface area contributed by atoms with Crippen LogP contribution in [0.5, 0.6) is 0 Å². The van der Waals surface area contributed by atoms with Gasteiger partial charge in [-0.3, -0.25) is 4.79 Å². The van der Waals surface area contributed by atoms with Crippen LogP contribution in [-0.4, -0.2) is 25.0 Å². The molecule has 0 fully saturated rings. The monoisotopic (exact) mass is 506 g/mol. The summed E-state index contributed by atoms with van der Waals surface area (Å²) in [5.74, 6) is 0.645. The van der Waals surface area contributed by atoms with Gasteiger partial charge in [-0.2, -0.15) is 11.3 Å². The molecule has 0 unspecified atom stereocenters. The van der Waals surface area contributed by atoms with Crippen molar-refractivity contribution < 1.29 is 4.79 Å². The van der Waals surface area contributed by atoms with Crippen molar-refractivity contribution in [2.75, 3.05) is 18.4 Å². The molecular formula is C18H24ClIN4OS. The molecule has 3 N–H and O–H groups in total. The van der Waals surface area contributed by atoms with Crippen LogP contribution in [0.25, 0.3) is 0 Å². The molecule has 142 valence electrons. The summed E-state index contributed by atoms with van der Waals surface area (Å²) in [6.45, 7) is 5.78. The zero-order valence-electron chi connectivity index (χ0n) is 14.8. The van der Waals surface area contributed by atoms with E-state index in [-0.39, 0.29) is 29.9 Å². The Morgan fingerprint density at radius 1 is 1.27 bits per heavy atom. The molecule has 1 aromatic heterocycles. The smallest absolute Gasteiger partial charge is 0.226 e. The first kappa shape index (κ1) is 22.7. The van der Waals surface area contributed by atoms with Gasteiger partial charge in [-0.15, -0.1) is 24.0 Å². The minimum absolute atomic E-state index is 0. The van der Waals surface area contributed by atoms with Gasteiger partial charge >= 0.3 is 0 Å². The van der Waals surface area contributed by atoms with Crippen molar-refractivity contribution >= 4 is 64.5 Å². The average Bonchev–Trinajstić information content (AvgIpc) is 3.10. The topological polar surface area (TPSA) is 65.5 Å². The van der Waals surface area contributed by atoms with Gasteiger partial charge in [-0.05, 0) is 53.9 Å². The molecule has 2 aromatic rings. The van der Waals surface area contributed by atoms with Crippen molar-refractivity contribution in [2.45, 2.75) is 26.8 Å². The summed E-state index contributed by atoms with van der Waals surface area (Å²) in [6.07, 6.45) is 0.342. The standard InChI is InChI=1S/C18H23ClN4OS.HI/c1-3-20-18(22-11-14-8-10-25-12-14)21-9-7-17(24)23-16-6-4-5-15(19)13(16)2;/h4-6,8,10,12H,3,7,9,11H2,1-2H3,(H,23,24)(H2,20,21,22);1H. The fourth-order valence-electron chi connectivity index (χ4n) is 2.14. The molecule has 0 bridgehead atoms. The van der Waals surface area contributed by atoms with E-state index in [1.807, 2.05) is 31.4 Å². The Hall–Kier alpha value is -1.32. The van der Waals surface area contributed by atoms with Crippen LogP contribution in [-0.2, 0) is 11.3 Å². The minimum atomic E-state index is -0.0634. The number of amides is 1. The SMILES string of the molecule is CCNC(=NCc1ccsc1)NCCC(=O)Nc1cccc(Cl)c1C.I. The Morgan fingerprint density at radius 3 is 2.77 bits per heavy atom. The number of halogens is 2. The summed E-state index contributed by atoms with van der Waals surface area (Å²) in [7, 11) is 0. The molecule has 0 aliphatic rings. The number of benzene rings is 1. The molecule has 0 aliphatic heterocycles. The van der Waals surface area contributed by atoms with Crippen LogP contribution in [0.3, 0.4) is 0 Å². The number of hydrogen-bond acceptors (Lipinski definition) is 3. The summed E-state index contributed by atoms with van der Waals surface area (Å²) in [6, 6.07) is 7.53. The zero-order chi connectivity index (χ0) is 18.1. The predicted molar refractivity (Wildman–Crippen MR) is 122 cm³/mol. The summed E-state index contributed by atoms with van der Waals surface area (Å²) in [5.41, 5.74) is 2.79. The number of carbonyl (C=O) groups is 1. The van der Waals surface area contributed by atoms with Crippen molar-refractivity contribution in [3.8, 4) is 0 Å². The molecule has 0 spiro atoms. The zero-order valence-corrected chi connectivity index (χ0v) is 18.7. The molecule has 5 nitrogen and oxygen atoms in total. The maximum absolute atomic E-state index is 12.1. The van der Waals surface area contributed by atoms with Crippen molar-refractivity contribution in [1.29, 1.82) is 0 Å². The second kappa shape index (κ2) is 12.1. The third kappa shape index (κ3) is 7.51. The number of nitrogens with zero attached hydrogens (tertiary/aromatic N) is 1. The fraction of sp³-hybridized carbons (Fsp3) is 0.333. The highest BCUT2D eigenvalue weighted by Gasteiger charge is 2.07. The van der Waals surface area contributed by atoms with Crippen molar-refractivity contribution in [3.05, 3.63) is 51.2 Å². The summed E-state index contributed by atoms with van der Waals surface area (Å²) < 4.78 is 0. The van der Waals surface area contributed by atoms with E-state index in [2.05, 4.69) is 32.4 Å². The number of aliphatic imine (C=N–C) groups is 1. The summed E-state index contributed by atoms with van der Waals surface area (Å²) in [5, 5.41) is 14.0. The maximum Gasteiger partial charge on any atom is 0.226 e. The molecule has 0 saturated carbocycles. The molecule has 0 aliphatic carbocycles. The number of anilines is 1. The Labute approximate surface area is 180 Å². The summed E-state index contributed by atoms with van der Waals surface area (Å²) in [4.78, 5) is 16.6. The predicted octanol–water partition coefficient (Wildman–Crippen LogP) is 4.41. The van der Waals surface area contributed by atoms with E-state index in [4.69, 9.17) is 11.6 Å². The highest BCUT2D eigenvalue weighted by atomic mass is 127. The van der Waals surface area contributed by atoms with Gasteiger partial charge in [0.1, 0.15) is 0 Å². The Kier molecular flexibility index (Phi) is 10.6. The number of guanidine groups is 1. The molecule has 2 rings (SSSR count). The maximum atomic E-state index is 12.1. The van der Waals surface area contributed by atoms with E-state index >= 15 is 0 Å². The van der Waals surface area contributed by atoms with E-state index < -0.39 is 0 Å². The van der Waals surface area contributed by atoms with E-state index in [9.17, 15) is 4.79 Å². The molecule has 1 aromatic carbocycles. The third-order valence-electron chi connectivity index (χ3n) is 3.53. The quantitative estimate of drug-likeness (QED) is 0.296. The molecule has 8 heteroatoms. The lowest BCUT2D eigenvalue weighted by molar-refractivity contribution is -0.116. The first-order valence-electron chi connectivity index (χ1n) is 8.18. The second-order valence-electron chi connectivity index (χ2n) is 5.46. The van der Waals surface area contributed by atoms with Crippen LogP contribution in [0.15, 0.2) is 40.0 Å². The van der Waals surface area contributed by atoms with Gasteiger partial charge in [0.2, 0.25) is 5.91 Å². The van der Waals surface area contributed by atoms with E-state index in [1.165, 1.54) is 5.56 Å². The van der Waals surface area contributed by atoms with Gasteiger partial charge in [0, 0.05) is 30.2 Å². The molecule has 1 heterocycles. The van der Waals surface area contributed by atoms with Crippen molar-refractivity contribution in [1.82, 2.24) is 10.6 Å². The lowest BCUT2D eigenvalue weighted by atomic mass is 10.2. The number of rotatable bonds is 7. The van der Waals surface area contributed by atoms with Gasteiger partial charge in [-0.25, -0.2) is 4.99 Å². The van der Waals surface area contributed by atoms with E-state index in [0.717, 1.165) is 17.8 Å². The van der Waals surface area contributed by atoms with E-state index in [1.54, 1.807) is 17.4 Å². The normalized spacial score (nSPS) is 10.8. The van der Waals surface area contributed by atoms with Gasteiger partial charge in [0.05, 0.1) is 6.54 Å². The molecule has 1 amide bonds. The lowest BCUT2D eigenvalue weighted by Crippen LogP contribution is -2.38. The molecular weight excluding hydrogens is 483 g/mol. The van der Waals surface area contributed by atoms with Crippen LogP contribution in [0.4, 0.5) is 5.69 Å². The highest BCUT2D eigenvalue weighted by molar-refractivity contribution is 14.0. The van der Waals surface area contributed by atoms with Crippen LogP contribution >= 0.6 is 46.9 Å². The highest BCUT2D eigenvalue weighted by Crippen LogP contribution is 2.22. The first-order valence-corrected chi connectivity index (χ1v) is 9.50. The van der Waals surface area contributed by atoms with E-state index in [0.29, 0.717) is 30.5 Å².